The van der Waals surface area contributed by atoms with E-state index >= 15 is 0 Å². The fourth-order valence-corrected chi connectivity index (χ4v) is 2.24. The Morgan fingerprint density at radius 2 is 2.35 bits per heavy atom. The Bertz CT molecular complexity index is 579. The van der Waals surface area contributed by atoms with Gasteiger partial charge in [0.2, 0.25) is 0 Å². The summed E-state index contributed by atoms with van der Waals surface area (Å²) in [7, 11) is 0. The highest BCUT2D eigenvalue weighted by molar-refractivity contribution is 9.11. The van der Waals surface area contributed by atoms with E-state index in [2.05, 4.69) is 20.9 Å². The van der Waals surface area contributed by atoms with Crippen molar-refractivity contribution in [2.24, 2.45) is 0 Å². The molecule has 1 saturated heterocycles. The molecule has 110 valence electrons. The van der Waals surface area contributed by atoms with Crippen molar-refractivity contribution in [2.75, 3.05) is 12.3 Å². The number of alkyl halides is 1. The molecule has 2 heterocycles. The monoisotopic (exact) mass is 349 g/mol. The van der Waals surface area contributed by atoms with E-state index in [0.29, 0.717) is 5.56 Å². The van der Waals surface area contributed by atoms with Gasteiger partial charge in [-0.2, -0.15) is 4.98 Å². The Balaban J connectivity index is 2.43. The predicted molar refractivity (Wildman–Crippen MR) is 72.8 cm³/mol. The number of aliphatic hydroxyl groups excluding tert-OH is 2. The summed E-state index contributed by atoms with van der Waals surface area (Å²) in [6.07, 6.45) is -2.99. The number of halogens is 2. The molecule has 4 atom stereocenters. The van der Waals surface area contributed by atoms with Crippen LogP contribution in [0.2, 0.25) is 0 Å². The highest BCUT2D eigenvalue weighted by Gasteiger charge is 2.45. The van der Waals surface area contributed by atoms with Crippen molar-refractivity contribution >= 4 is 27.8 Å². The van der Waals surface area contributed by atoms with Crippen LogP contribution in [0.1, 0.15) is 11.8 Å². The fraction of sp³-hybridized carbons (Fsp3) is 0.455. The Labute approximate surface area is 121 Å². The third-order valence-corrected chi connectivity index (χ3v) is 3.27. The number of aromatic nitrogens is 2. The van der Waals surface area contributed by atoms with Gasteiger partial charge in [0, 0.05) is 11.8 Å². The molecule has 4 unspecified atom stereocenters. The fourth-order valence-electron chi connectivity index (χ4n) is 1.95. The third kappa shape index (κ3) is 2.62. The molecule has 0 spiro atoms. The number of hydrogen-bond donors (Lipinski definition) is 3. The summed E-state index contributed by atoms with van der Waals surface area (Å²) < 4.78 is 20.0. The zero-order valence-electron chi connectivity index (χ0n) is 10.2. The molecule has 0 amide bonds. The van der Waals surface area contributed by atoms with Crippen molar-refractivity contribution in [3.05, 3.63) is 27.2 Å². The Kier molecular flexibility index (Phi) is 4.53. The summed E-state index contributed by atoms with van der Waals surface area (Å²) in [6, 6.07) is 0. The van der Waals surface area contributed by atoms with E-state index in [1.54, 1.807) is 0 Å². The van der Waals surface area contributed by atoms with Crippen LogP contribution in [0.15, 0.2) is 16.0 Å². The minimum Gasteiger partial charge on any atom is -0.394 e. The summed E-state index contributed by atoms with van der Waals surface area (Å²) >= 11 is 3.06. The van der Waals surface area contributed by atoms with E-state index in [1.807, 2.05) is 0 Å². The minimum atomic E-state index is -1.85. The van der Waals surface area contributed by atoms with Gasteiger partial charge in [-0.05, 0) is 11.1 Å². The zero-order valence-corrected chi connectivity index (χ0v) is 11.8. The highest BCUT2D eigenvalue weighted by Crippen LogP contribution is 2.31. The Morgan fingerprint density at radius 1 is 1.65 bits per heavy atom. The van der Waals surface area contributed by atoms with Gasteiger partial charge in [0.15, 0.2) is 12.4 Å². The van der Waals surface area contributed by atoms with Crippen molar-refractivity contribution in [3.8, 4) is 0 Å². The largest absolute Gasteiger partial charge is 0.394 e. The number of aliphatic hydroxyl groups is 2. The first-order valence-electron chi connectivity index (χ1n) is 5.73. The second kappa shape index (κ2) is 6.00. The lowest BCUT2D eigenvalue weighted by molar-refractivity contribution is -0.0491. The molecular weight excluding hydrogens is 337 g/mol. The van der Waals surface area contributed by atoms with E-state index in [-0.39, 0.29) is 5.82 Å². The first kappa shape index (κ1) is 15.1. The van der Waals surface area contributed by atoms with Gasteiger partial charge < -0.3 is 20.7 Å². The standard InChI is InChI=1S/C11H13BrFN3O4/c12-2-1-5-3-16(11(19)15-9(5)14)10-7(13)8(18)6(4-17)20-10/h1-3,6-8,10,17-18H,4H2,(H2,14,15,19)/b2-1-. The molecule has 1 aromatic rings. The van der Waals surface area contributed by atoms with E-state index in [4.69, 9.17) is 15.6 Å². The van der Waals surface area contributed by atoms with Crippen LogP contribution in [0.5, 0.6) is 0 Å². The second-order valence-electron chi connectivity index (χ2n) is 4.25. The van der Waals surface area contributed by atoms with E-state index in [9.17, 15) is 14.3 Å². The minimum absolute atomic E-state index is 0.00499. The maximum Gasteiger partial charge on any atom is 0.351 e. The van der Waals surface area contributed by atoms with Crippen molar-refractivity contribution in [1.29, 1.82) is 0 Å². The van der Waals surface area contributed by atoms with Crippen molar-refractivity contribution in [2.45, 2.75) is 24.6 Å². The van der Waals surface area contributed by atoms with Crippen molar-refractivity contribution in [3.63, 3.8) is 0 Å². The molecule has 0 bridgehead atoms. The van der Waals surface area contributed by atoms with Gasteiger partial charge in [-0.1, -0.05) is 15.9 Å². The maximum atomic E-state index is 14.0. The summed E-state index contributed by atoms with van der Waals surface area (Å²) in [6.45, 7) is -0.552. The van der Waals surface area contributed by atoms with Crippen LogP contribution in [0.3, 0.4) is 0 Å². The van der Waals surface area contributed by atoms with Crippen LogP contribution in [0, 0.1) is 0 Å². The van der Waals surface area contributed by atoms with Gasteiger partial charge in [-0.15, -0.1) is 0 Å². The lowest BCUT2D eigenvalue weighted by atomic mass is 10.1. The van der Waals surface area contributed by atoms with Crippen LogP contribution in [-0.2, 0) is 4.74 Å². The second-order valence-corrected chi connectivity index (χ2v) is 4.78. The van der Waals surface area contributed by atoms with E-state index < -0.39 is 36.9 Å². The van der Waals surface area contributed by atoms with Gasteiger partial charge in [0.05, 0.1) is 6.61 Å². The molecule has 1 aromatic heterocycles. The average Bonchev–Trinajstić information content (AvgIpc) is 2.70. The van der Waals surface area contributed by atoms with Gasteiger partial charge in [-0.3, -0.25) is 4.57 Å². The molecule has 20 heavy (non-hydrogen) atoms. The molecule has 4 N–H and O–H groups in total. The Hall–Kier alpha value is -1.29. The predicted octanol–water partition coefficient (Wildman–Crippen LogP) is -0.220. The number of anilines is 1. The smallest absolute Gasteiger partial charge is 0.351 e. The number of hydrogen-bond acceptors (Lipinski definition) is 6. The van der Waals surface area contributed by atoms with E-state index in [0.717, 1.165) is 4.57 Å². The first-order chi connectivity index (χ1) is 9.49. The number of ether oxygens (including phenoxy) is 1. The molecule has 0 saturated carbocycles. The van der Waals surface area contributed by atoms with Gasteiger partial charge in [0.25, 0.3) is 0 Å². The summed E-state index contributed by atoms with van der Waals surface area (Å²) in [5, 5.41) is 18.5. The molecule has 7 nitrogen and oxygen atoms in total. The van der Waals surface area contributed by atoms with Crippen molar-refractivity contribution in [1.82, 2.24) is 9.55 Å². The normalized spacial score (nSPS) is 30.2. The summed E-state index contributed by atoms with van der Waals surface area (Å²) in [4.78, 5) is 16.8. The Morgan fingerprint density at radius 3 is 2.90 bits per heavy atom. The number of nitrogens with two attached hydrogens (primary N) is 1. The quantitative estimate of drug-likeness (QED) is 0.695. The number of rotatable bonds is 3. The molecule has 0 aromatic carbocycles. The van der Waals surface area contributed by atoms with Crippen LogP contribution in [-0.4, -0.2) is 44.8 Å². The van der Waals surface area contributed by atoms with Gasteiger partial charge >= 0.3 is 5.69 Å². The van der Waals surface area contributed by atoms with Gasteiger partial charge in [-0.25, -0.2) is 9.18 Å². The lowest BCUT2D eigenvalue weighted by Gasteiger charge is -2.16. The van der Waals surface area contributed by atoms with Crippen LogP contribution in [0.25, 0.3) is 6.08 Å². The topological polar surface area (TPSA) is 111 Å². The van der Waals surface area contributed by atoms with Crippen molar-refractivity contribution < 1.29 is 19.3 Å². The molecule has 1 aliphatic rings. The highest BCUT2D eigenvalue weighted by atomic mass is 79.9. The molecule has 0 aliphatic carbocycles. The van der Waals surface area contributed by atoms with Crippen LogP contribution in [0.4, 0.5) is 10.2 Å². The molecule has 1 fully saturated rings. The third-order valence-electron chi connectivity index (χ3n) is 3.00. The molecule has 0 radical (unpaired) electrons. The lowest BCUT2D eigenvalue weighted by Crippen LogP contribution is -2.34. The van der Waals surface area contributed by atoms with Crippen LogP contribution < -0.4 is 11.4 Å². The molecule has 1 aliphatic heterocycles. The summed E-state index contributed by atoms with van der Waals surface area (Å²) in [5.74, 6) is -0.00499. The van der Waals surface area contributed by atoms with E-state index in [1.165, 1.54) is 17.3 Å². The number of nitrogen functional groups attached to an aromatic ring is 1. The SMILES string of the molecule is Nc1nc(=O)n(C2OC(CO)C(O)C2F)cc1/C=C\Br. The molecule has 9 heteroatoms. The summed E-state index contributed by atoms with van der Waals surface area (Å²) in [5.41, 5.74) is 5.16. The molecular formula is C11H13BrFN3O4. The number of nitrogens with zero attached hydrogens (tertiary/aromatic N) is 2. The molecule has 2 rings (SSSR count). The van der Waals surface area contributed by atoms with Crippen LogP contribution >= 0.6 is 15.9 Å². The zero-order chi connectivity index (χ0) is 14.9. The first-order valence-corrected chi connectivity index (χ1v) is 6.65. The maximum absolute atomic E-state index is 14.0. The average molecular weight is 350 g/mol. The van der Waals surface area contributed by atoms with Gasteiger partial charge in [0.1, 0.15) is 18.0 Å².